The Bertz CT molecular complexity index is 954. The molecule has 3 rings (SSSR count). The Morgan fingerprint density at radius 1 is 1.36 bits per heavy atom. The maximum atomic E-state index is 12.4. The summed E-state index contributed by atoms with van der Waals surface area (Å²) in [5.74, 6) is 1.28. The first-order valence-corrected chi connectivity index (χ1v) is 8.80. The summed E-state index contributed by atoms with van der Waals surface area (Å²) in [6.07, 6.45) is 0. The third-order valence-electron chi connectivity index (χ3n) is 3.77. The summed E-state index contributed by atoms with van der Waals surface area (Å²) in [5.41, 5.74) is 2.12. The van der Waals surface area contributed by atoms with Gasteiger partial charge in [0.2, 0.25) is 5.91 Å². The molecule has 2 N–H and O–H groups in total. The molecule has 0 aliphatic heterocycles. The first-order valence-electron chi connectivity index (χ1n) is 7.92. The zero-order valence-corrected chi connectivity index (χ0v) is 15.1. The van der Waals surface area contributed by atoms with Crippen LogP contribution in [0.1, 0.15) is 31.3 Å². The van der Waals surface area contributed by atoms with E-state index in [9.17, 15) is 9.59 Å². The number of hydrogen-bond acceptors (Lipinski definition) is 5. The van der Waals surface area contributed by atoms with Gasteiger partial charge in [-0.15, -0.1) is 0 Å². The van der Waals surface area contributed by atoms with Crippen LogP contribution in [0.15, 0.2) is 34.4 Å². The minimum absolute atomic E-state index is 0.0201. The third-order valence-corrected chi connectivity index (χ3v) is 4.65. The largest absolute Gasteiger partial charge is 0.324 e. The van der Waals surface area contributed by atoms with E-state index in [1.165, 1.54) is 4.57 Å². The Balaban J connectivity index is 1.83. The van der Waals surface area contributed by atoms with Crippen molar-refractivity contribution in [3.63, 3.8) is 0 Å². The van der Waals surface area contributed by atoms with Crippen LogP contribution in [0.3, 0.4) is 0 Å². The van der Waals surface area contributed by atoms with E-state index in [1.807, 2.05) is 32.0 Å². The van der Waals surface area contributed by atoms with E-state index < -0.39 is 0 Å². The number of nitrogens with one attached hydrogen (secondary N) is 2. The molecule has 1 aromatic carbocycles. The number of amides is 1. The predicted octanol–water partition coefficient (Wildman–Crippen LogP) is 2.77. The topological polar surface area (TPSA) is 92.7 Å². The van der Waals surface area contributed by atoms with Gasteiger partial charge in [0.05, 0.1) is 5.69 Å². The van der Waals surface area contributed by atoms with Gasteiger partial charge in [-0.1, -0.05) is 37.3 Å². The zero-order valence-electron chi connectivity index (χ0n) is 14.2. The monoisotopic (exact) mass is 357 g/mol. The Morgan fingerprint density at radius 2 is 2.12 bits per heavy atom. The van der Waals surface area contributed by atoms with E-state index in [1.54, 1.807) is 18.4 Å². The fraction of sp³-hybridized carbons (Fsp3) is 0.294. The number of carbonyl (C=O) groups is 1. The molecule has 3 aromatic rings. The van der Waals surface area contributed by atoms with Gasteiger partial charge in [-0.05, 0) is 19.1 Å². The molecule has 8 heteroatoms. The van der Waals surface area contributed by atoms with Gasteiger partial charge < -0.3 is 5.32 Å². The average Bonchev–Trinajstić information content (AvgIpc) is 3.18. The molecule has 7 nitrogen and oxygen atoms in total. The van der Waals surface area contributed by atoms with Crippen molar-refractivity contribution in [2.75, 3.05) is 5.32 Å². The Morgan fingerprint density at radius 3 is 2.76 bits per heavy atom. The van der Waals surface area contributed by atoms with E-state index >= 15 is 0 Å². The van der Waals surface area contributed by atoms with E-state index in [-0.39, 0.29) is 23.2 Å². The fourth-order valence-electron chi connectivity index (χ4n) is 2.37. The van der Waals surface area contributed by atoms with Crippen molar-refractivity contribution in [1.82, 2.24) is 19.7 Å². The molecule has 0 atom stereocenters. The quantitative estimate of drug-likeness (QED) is 0.734. The normalized spacial score (nSPS) is 11.0. The highest BCUT2D eigenvalue weighted by Gasteiger charge is 2.15. The number of hydrogen-bond donors (Lipinski definition) is 2. The number of anilines is 1. The molecule has 1 amide bonds. The molecule has 0 aliphatic rings. The molecule has 0 aliphatic carbocycles. The average molecular weight is 357 g/mol. The van der Waals surface area contributed by atoms with Crippen molar-refractivity contribution in [1.29, 1.82) is 0 Å². The first kappa shape index (κ1) is 17.1. The number of para-hydroxylation sites is 1. The molecule has 0 fully saturated rings. The van der Waals surface area contributed by atoms with Crippen LogP contribution in [0.25, 0.3) is 11.4 Å². The van der Waals surface area contributed by atoms with Crippen molar-refractivity contribution in [2.45, 2.75) is 33.2 Å². The van der Waals surface area contributed by atoms with Gasteiger partial charge >= 0.3 is 4.87 Å². The first-order chi connectivity index (χ1) is 12.0. The smallest absolute Gasteiger partial charge is 0.307 e. The lowest BCUT2D eigenvalue weighted by Gasteiger charge is -2.10. The second kappa shape index (κ2) is 7.02. The fourth-order valence-corrected chi connectivity index (χ4v) is 3.10. The molecule has 2 heterocycles. The van der Waals surface area contributed by atoms with Crippen molar-refractivity contribution in [2.24, 2.45) is 0 Å². The van der Waals surface area contributed by atoms with Gasteiger partial charge in [0.25, 0.3) is 0 Å². The number of H-pyrrole nitrogens is 1. The van der Waals surface area contributed by atoms with Crippen molar-refractivity contribution in [3.8, 4) is 11.4 Å². The summed E-state index contributed by atoms with van der Waals surface area (Å²) in [6.45, 7) is 5.84. The van der Waals surface area contributed by atoms with Gasteiger partial charge in [0, 0.05) is 22.6 Å². The van der Waals surface area contributed by atoms with Gasteiger partial charge in [0.1, 0.15) is 12.4 Å². The second-order valence-electron chi connectivity index (χ2n) is 6.02. The number of nitrogens with zero attached hydrogens (tertiary/aromatic N) is 3. The number of rotatable bonds is 5. The minimum Gasteiger partial charge on any atom is -0.324 e. The Kier molecular flexibility index (Phi) is 4.80. The van der Waals surface area contributed by atoms with Gasteiger partial charge in [0.15, 0.2) is 5.82 Å². The van der Waals surface area contributed by atoms with Gasteiger partial charge in [-0.25, -0.2) is 4.98 Å². The summed E-state index contributed by atoms with van der Waals surface area (Å²) in [5, 5.41) is 11.7. The molecule has 25 heavy (non-hydrogen) atoms. The second-order valence-corrected chi connectivity index (χ2v) is 6.84. The van der Waals surface area contributed by atoms with Crippen LogP contribution in [-0.4, -0.2) is 25.7 Å². The SMILES string of the molecule is Cc1csc(=O)n1CC(=O)Nc1ccccc1-c1n[nH]c(C(C)C)n1. The number of aryl methyl sites for hydroxylation is 1. The minimum atomic E-state index is -0.268. The van der Waals surface area contributed by atoms with Crippen LogP contribution in [0.4, 0.5) is 5.69 Å². The zero-order chi connectivity index (χ0) is 18.0. The van der Waals surface area contributed by atoms with Crippen LogP contribution in [0, 0.1) is 6.92 Å². The number of carbonyl (C=O) groups excluding carboxylic acids is 1. The number of benzene rings is 1. The molecular formula is C17H19N5O2S. The summed E-state index contributed by atoms with van der Waals surface area (Å²) in [6, 6.07) is 7.34. The van der Waals surface area contributed by atoms with E-state index in [0.717, 1.165) is 28.4 Å². The number of aromatic nitrogens is 4. The molecule has 0 spiro atoms. The summed E-state index contributed by atoms with van der Waals surface area (Å²) >= 11 is 1.09. The molecule has 0 radical (unpaired) electrons. The van der Waals surface area contributed by atoms with Crippen molar-refractivity contribution >= 4 is 22.9 Å². The highest BCUT2D eigenvalue weighted by Crippen LogP contribution is 2.25. The molecule has 0 saturated carbocycles. The molecule has 0 bridgehead atoms. The summed E-state index contributed by atoms with van der Waals surface area (Å²) < 4.78 is 1.45. The lowest BCUT2D eigenvalue weighted by molar-refractivity contribution is -0.116. The summed E-state index contributed by atoms with van der Waals surface area (Å²) in [4.78, 5) is 28.5. The summed E-state index contributed by atoms with van der Waals surface area (Å²) in [7, 11) is 0. The van der Waals surface area contributed by atoms with E-state index in [0.29, 0.717) is 11.5 Å². The highest BCUT2D eigenvalue weighted by molar-refractivity contribution is 7.07. The van der Waals surface area contributed by atoms with Crippen LogP contribution in [0.5, 0.6) is 0 Å². The molecule has 0 saturated heterocycles. The van der Waals surface area contributed by atoms with Crippen molar-refractivity contribution in [3.05, 3.63) is 50.8 Å². The molecular weight excluding hydrogens is 338 g/mol. The van der Waals surface area contributed by atoms with E-state index in [4.69, 9.17) is 0 Å². The number of aromatic amines is 1. The maximum absolute atomic E-state index is 12.4. The van der Waals surface area contributed by atoms with E-state index in [2.05, 4.69) is 20.5 Å². The van der Waals surface area contributed by atoms with Crippen LogP contribution in [-0.2, 0) is 11.3 Å². The van der Waals surface area contributed by atoms with Gasteiger partial charge in [-0.3, -0.25) is 19.3 Å². The van der Waals surface area contributed by atoms with Crippen LogP contribution >= 0.6 is 11.3 Å². The maximum Gasteiger partial charge on any atom is 0.307 e. The number of thiazole rings is 1. The lowest BCUT2D eigenvalue weighted by atomic mass is 10.1. The van der Waals surface area contributed by atoms with Crippen molar-refractivity contribution < 1.29 is 4.79 Å². The van der Waals surface area contributed by atoms with Crippen LogP contribution < -0.4 is 10.2 Å². The standard InChI is InChI=1S/C17H19N5O2S/c1-10(2)15-19-16(21-20-15)12-6-4-5-7-13(12)18-14(23)8-22-11(3)9-25-17(22)24/h4-7,9-10H,8H2,1-3H3,(H,18,23)(H,19,20,21). The Labute approximate surface area is 148 Å². The molecule has 130 valence electrons. The Hall–Kier alpha value is -2.74. The van der Waals surface area contributed by atoms with Crippen LogP contribution in [0.2, 0.25) is 0 Å². The predicted molar refractivity (Wildman–Crippen MR) is 97.9 cm³/mol. The van der Waals surface area contributed by atoms with Gasteiger partial charge in [-0.2, -0.15) is 5.10 Å². The third kappa shape index (κ3) is 3.69. The highest BCUT2D eigenvalue weighted by atomic mass is 32.1. The molecule has 2 aromatic heterocycles. The molecule has 0 unspecified atom stereocenters. The lowest BCUT2D eigenvalue weighted by Crippen LogP contribution is -2.25.